The smallest absolute Gasteiger partial charge is 0.335 e. The zero-order chi connectivity index (χ0) is 27.6. The van der Waals surface area contributed by atoms with Gasteiger partial charge in [-0.25, -0.2) is 9.78 Å². The molecule has 0 saturated carbocycles. The maximum atomic E-state index is 11.9. The molecule has 0 saturated heterocycles. The van der Waals surface area contributed by atoms with Gasteiger partial charge in [-0.15, -0.1) is 11.3 Å². The molecule has 200 valence electrons. The quantitative estimate of drug-likeness (QED) is 0.127. The minimum atomic E-state index is -0.935. The van der Waals surface area contributed by atoms with E-state index in [1.165, 1.54) is 26.7 Å². The van der Waals surface area contributed by atoms with Gasteiger partial charge in [-0.2, -0.15) is 0 Å². The average molecular weight is 547 g/mol. The zero-order valence-corrected chi connectivity index (χ0v) is 22.9. The van der Waals surface area contributed by atoms with E-state index in [1.54, 1.807) is 23.5 Å². The van der Waals surface area contributed by atoms with Crippen LogP contribution in [0.1, 0.15) is 38.6 Å². The summed E-state index contributed by atoms with van der Waals surface area (Å²) in [6.07, 6.45) is 3.59. The SMILES string of the molecule is N=C(N)CCn1c(CCc2nc3ccccc3s2)c(CCc2ccc3ccccc3c2)c2cc(C(=O)O)ccc21. The second kappa shape index (κ2) is 10.9. The van der Waals surface area contributed by atoms with Crippen LogP contribution in [0.15, 0.2) is 84.9 Å². The first-order valence-corrected chi connectivity index (χ1v) is 14.3. The number of carboxylic acid groups (broad SMARTS) is 1. The third kappa shape index (κ3) is 5.20. The molecular formula is C33H30N4O2S. The van der Waals surface area contributed by atoms with Crippen LogP contribution in [0.5, 0.6) is 0 Å². The van der Waals surface area contributed by atoms with E-state index >= 15 is 0 Å². The summed E-state index contributed by atoms with van der Waals surface area (Å²) in [6, 6.07) is 28.5. The predicted molar refractivity (Wildman–Crippen MR) is 164 cm³/mol. The number of aryl methyl sites for hydroxylation is 4. The van der Waals surface area contributed by atoms with Gasteiger partial charge in [0, 0.05) is 36.0 Å². The Bertz CT molecular complexity index is 1850. The number of hydrogen-bond donors (Lipinski definition) is 3. The Morgan fingerprint density at radius 1 is 0.900 bits per heavy atom. The molecule has 2 heterocycles. The number of carboxylic acids is 1. The summed E-state index contributed by atoms with van der Waals surface area (Å²) < 4.78 is 3.42. The molecule has 0 fully saturated rings. The molecule has 6 nitrogen and oxygen atoms in total. The lowest BCUT2D eigenvalue weighted by Gasteiger charge is -2.12. The Balaban J connectivity index is 1.41. The van der Waals surface area contributed by atoms with Crippen molar-refractivity contribution < 1.29 is 9.90 Å². The molecule has 0 aliphatic rings. The monoisotopic (exact) mass is 546 g/mol. The largest absolute Gasteiger partial charge is 0.478 e. The number of amidine groups is 1. The number of benzene rings is 4. The number of nitrogens with one attached hydrogen (secondary N) is 1. The summed E-state index contributed by atoms with van der Waals surface area (Å²) in [6.45, 7) is 0.573. The molecule has 0 bridgehead atoms. The van der Waals surface area contributed by atoms with Crippen molar-refractivity contribution in [2.24, 2.45) is 5.73 Å². The molecule has 40 heavy (non-hydrogen) atoms. The molecule has 0 spiro atoms. The molecule has 0 aliphatic heterocycles. The fourth-order valence-electron chi connectivity index (χ4n) is 5.58. The summed E-state index contributed by atoms with van der Waals surface area (Å²) in [5.74, 6) is -0.797. The lowest BCUT2D eigenvalue weighted by atomic mass is 9.97. The highest BCUT2D eigenvalue weighted by molar-refractivity contribution is 7.18. The van der Waals surface area contributed by atoms with Crippen molar-refractivity contribution in [3.05, 3.63) is 112 Å². The van der Waals surface area contributed by atoms with E-state index in [9.17, 15) is 9.90 Å². The standard InChI is InChI=1S/C33H30N4O2S/c34-31(35)17-18-37-28(15-16-32-36-27-7-3-4-8-30(27)40-32)25(26-20-24(33(38)39)12-14-29(26)37)13-10-21-9-11-22-5-1-2-6-23(22)19-21/h1-9,11-12,14,19-20H,10,13,15-18H2,(H3,34,35)(H,38,39). The number of para-hydroxylation sites is 1. The van der Waals surface area contributed by atoms with E-state index in [0.29, 0.717) is 13.0 Å². The Morgan fingerprint density at radius 3 is 2.50 bits per heavy atom. The summed E-state index contributed by atoms with van der Waals surface area (Å²) in [5.41, 5.74) is 11.6. The van der Waals surface area contributed by atoms with E-state index in [4.69, 9.17) is 16.1 Å². The maximum absolute atomic E-state index is 11.9. The van der Waals surface area contributed by atoms with Gasteiger partial charge < -0.3 is 15.4 Å². The van der Waals surface area contributed by atoms with E-state index in [1.807, 2.05) is 24.3 Å². The molecule has 4 N–H and O–H groups in total. The number of aromatic carboxylic acids is 1. The van der Waals surface area contributed by atoms with Gasteiger partial charge in [0.05, 0.1) is 26.6 Å². The van der Waals surface area contributed by atoms with Gasteiger partial charge in [-0.3, -0.25) is 5.41 Å². The first-order chi connectivity index (χ1) is 19.5. The third-order valence-electron chi connectivity index (χ3n) is 7.53. The highest BCUT2D eigenvalue weighted by atomic mass is 32.1. The molecule has 6 aromatic rings. The summed E-state index contributed by atoms with van der Waals surface area (Å²) in [5, 5.41) is 22.1. The highest BCUT2D eigenvalue weighted by Gasteiger charge is 2.20. The van der Waals surface area contributed by atoms with Crippen LogP contribution < -0.4 is 5.73 Å². The van der Waals surface area contributed by atoms with Crippen LogP contribution in [0, 0.1) is 5.41 Å². The van der Waals surface area contributed by atoms with Crippen LogP contribution >= 0.6 is 11.3 Å². The first kappa shape index (κ1) is 25.8. The number of carbonyl (C=O) groups is 1. The van der Waals surface area contributed by atoms with Gasteiger partial charge in [0.25, 0.3) is 0 Å². The second-order valence-electron chi connectivity index (χ2n) is 10.1. The van der Waals surface area contributed by atoms with Crippen molar-refractivity contribution in [1.82, 2.24) is 9.55 Å². The summed E-state index contributed by atoms with van der Waals surface area (Å²) in [7, 11) is 0. The van der Waals surface area contributed by atoms with Crippen LogP contribution in [0.3, 0.4) is 0 Å². The van der Waals surface area contributed by atoms with Gasteiger partial charge >= 0.3 is 5.97 Å². The van der Waals surface area contributed by atoms with Crippen molar-refractivity contribution >= 4 is 55.0 Å². The van der Waals surface area contributed by atoms with Crippen LogP contribution in [-0.4, -0.2) is 26.5 Å². The van der Waals surface area contributed by atoms with Crippen LogP contribution in [0.4, 0.5) is 0 Å². The molecule has 0 atom stereocenters. The van der Waals surface area contributed by atoms with Crippen molar-refractivity contribution in [3.8, 4) is 0 Å². The first-order valence-electron chi connectivity index (χ1n) is 13.5. The fourth-order valence-corrected chi connectivity index (χ4v) is 6.55. The average Bonchev–Trinajstić information content (AvgIpc) is 3.51. The van der Waals surface area contributed by atoms with Gasteiger partial charge in [-0.05, 0) is 71.5 Å². The molecule has 2 aromatic heterocycles. The number of aromatic nitrogens is 2. The van der Waals surface area contributed by atoms with Gasteiger partial charge in [0.2, 0.25) is 0 Å². The minimum absolute atomic E-state index is 0.138. The predicted octanol–water partition coefficient (Wildman–Crippen LogP) is 7.00. The number of rotatable bonds is 10. The normalized spacial score (nSPS) is 11.5. The van der Waals surface area contributed by atoms with Gasteiger partial charge in [-0.1, -0.05) is 54.6 Å². The molecule has 0 amide bonds. The van der Waals surface area contributed by atoms with E-state index in [2.05, 4.69) is 53.1 Å². The number of thiazole rings is 1. The number of fused-ring (bicyclic) bond motifs is 3. The van der Waals surface area contributed by atoms with Gasteiger partial charge in [0.1, 0.15) is 0 Å². The second-order valence-corrected chi connectivity index (χ2v) is 11.3. The maximum Gasteiger partial charge on any atom is 0.335 e. The molecule has 0 unspecified atom stereocenters. The van der Waals surface area contributed by atoms with E-state index in [0.717, 1.165) is 52.7 Å². The number of nitrogens with zero attached hydrogens (tertiary/aromatic N) is 2. The van der Waals surface area contributed by atoms with Crippen molar-refractivity contribution in [2.75, 3.05) is 0 Å². The topological polar surface area (TPSA) is 105 Å². The van der Waals surface area contributed by atoms with Gasteiger partial charge in [0.15, 0.2) is 0 Å². The molecular weight excluding hydrogens is 516 g/mol. The van der Waals surface area contributed by atoms with Crippen molar-refractivity contribution in [3.63, 3.8) is 0 Å². The lowest BCUT2D eigenvalue weighted by molar-refractivity contribution is 0.0697. The van der Waals surface area contributed by atoms with Crippen molar-refractivity contribution in [1.29, 1.82) is 5.41 Å². The van der Waals surface area contributed by atoms with Crippen LogP contribution in [-0.2, 0) is 32.2 Å². The third-order valence-corrected chi connectivity index (χ3v) is 8.63. The molecule has 0 radical (unpaired) electrons. The van der Waals surface area contributed by atoms with Crippen molar-refractivity contribution in [2.45, 2.75) is 38.6 Å². The number of nitrogens with two attached hydrogens (primary N) is 1. The zero-order valence-electron chi connectivity index (χ0n) is 22.1. The number of hydrogen-bond acceptors (Lipinski definition) is 4. The molecule has 0 aliphatic carbocycles. The van der Waals surface area contributed by atoms with E-state index < -0.39 is 5.97 Å². The van der Waals surface area contributed by atoms with Crippen LogP contribution in [0.2, 0.25) is 0 Å². The Morgan fingerprint density at radius 2 is 1.70 bits per heavy atom. The molecule has 6 rings (SSSR count). The summed E-state index contributed by atoms with van der Waals surface area (Å²) in [4.78, 5) is 16.8. The van der Waals surface area contributed by atoms with E-state index in [-0.39, 0.29) is 11.4 Å². The molecule has 4 aromatic carbocycles. The van der Waals surface area contributed by atoms with Crippen LogP contribution in [0.25, 0.3) is 31.9 Å². The Labute approximate surface area is 236 Å². The minimum Gasteiger partial charge on any atom is -0.478 e. The fraction of sp³-hybridized carbons (Fsp3) is 0.182. The highest BCUT2D eigenvalue weighted by Crippen LogP contribution is 2.32. The Hall–Kier alpha value is -4.49. The summed E-state index contributed by atoms with van der Waals surface area (Å²) >= 11 is 1.72. The Kier molecular flexibility index (Phi) is 7.05. The lowest BCUT2D eigenvalue weighted by Crippen LogP contribution is -2.15. The molecule has 7 heteroatoms.